The zero-order chi connectivity index (χ0) is 35.8. The van der Waals surface area contributed by atoms with Gasteiger partial charge in [-0.15, -0.1) is 0 Å². The minimum atomic E-state index is -1.78. The van der Waals surface area contributed by atoms with Crippen LogP contribution in [0.4, 0.5) is 0 Å². The van der Waals surface area contributed by atoms with Gasteiger partial charge >= 0.3 is 17.9 Å². The molecule has 4 N–H and O–H groups in total. The highest BCUT2D eigenvalue weighted by molar-refractivity contribution is 5.69. The summed E-state index contributed by atoms with van der Waals surface area (Å²) in [6.07, 6.45) is 0.649. The van der Waals surface area contributed by atoms with Crippen molar-refractivity contribution in [3.63, 3.8) is 0 Å². The van der Waals surface area contributed by atoms with Crippen LogP contribution < -0.4 is 0 Å². The monoisotopic (exact) mass is 704 g/mol. The van der Waals surface area contributed by atoms with Crippen molar-refractivity contribution >= 4 is 17.9 Å². The summed E-state index contributed by atoms with van der Waals surface area (Å²) in [5.74, 6) is -1.84. The first-order chi connectivity index (χ1) is 23.5. The molecular formula is C35H60O14. The molecule has 284 valence electrons. The van der Waals surface area contributed by atoms with E-state index in [2.05, 4.69) is 0 Å². The van der Waals surface area contributed by atoms with E-state index in [9.17, 15) is 34.8 Å². The van der Waals surface area contributed by atoms with E-state index in [0.29, 0.717) is 12.8 Å². The predicted octanol–water partition coefficient (Wildman–Crippen LogP) is 2.96. The number of esters is 3. The van der Waals surface area contributed by atoms with Gasteiger partial charge in [-0.2, -0.15) is 0 Å². The van der Waals surface area contributed by atoms with Crippen LogP contribution >= 0.6 is 0 Å². The summed E-state index contributed by atoms with van der Waals surface area (Å²) in [6, 6.07) is 0. The van der Waals surface area contributed by atoms with Crippen molar-refractivity contribution in [3.8, 4) is 0 Å². The van der Waals surface area contributed by atoms with Crippen molar-refractivity contribution < 1.29 is 68.0 Å². The number of hydrogen-bond donors (Lipinski definition) is 4. The quantitative estimate of drug-likeness (QED) is 0.246. The van der Waals surface area contributed by atoms with Crippen LogP contribution in [0.2, 0.25) is 0 Å². The van der Waals surface area contributed by atoms with Gasteiger partial charge in [-0.25, -0.2) is 0 Å². The minimum Gasteiger partial charge on any atom is -0.463 e. The molecule has 0 aromatic heterocycles. The molecule has 49 heavy (non-hydrogen) atoms. The number of aliphatic hydroxyl groups is 4. The molecule has 0 aliphatic carbocycles. The van der Waals surface area contributed by atoms with Gasteiger partial charge < -0.3 is 53.6 Å². The van der Waals surface area contributed by atoms with E-state index in [-0.39, 0.29) is 19.1 Å². The van der Waals surface area contributed by atoms with Crippen molar-refractivity contribution in [1.29, 1.82) is 0 Å². The molecule has 11 unspecified atom stereocenters. The Morgan fingerprint density at radius 3 is 1.61 bits per heavy atom. The maximum Gasteiger partial charge on any atom is 0.306 e. The van der Waals surface area contributed by atoms with E-state index in [0.717, 1.165) is 38.5 Å². The van der Waals surface area contributed by atoms with Crippen molar-refractivity contribution in [1.82, 2.24) is 0 Å². The van der Waals surface area contributed by atoms with E-state index < -0.39 is 85.9 Å². The second kappa shape index (κ2) is 22.1. The van der Waals surface area contributed by atoms with Crippen LogP contribution in [-0.2, 0) is 47.5 Å². The third kappa shape index (κ3) is 14.3. The number of fused-ring (bicyclic) bond motifs is 21. The third-order valence-electron chi connectivity index (χ3n) is 9.35. The average Bonchev–Trinajstić information content (AvgIpc) is 3.05. The smallest absolute Gasteiger partial charge is 0.306 e. The molecule has 11 atom stereocenters. The lowest BCUT2D eigenvalue weighted by atomic mass is 9.97. The van der Waals surface area contributed by atoms with Crippen molar-refractivity contribution in [3.05, 3.63) is 0 Å². The third-order valence-corrected chi connectivity index (χ3v) is 9.35. The van der Waals surface area contributed by atoms with Crippen molar-refractivity contribution in [2.45, 2.75) is 191 Å². The molecule has 4 aliphatic heterocycles. The summed E-state index contributed by atoms with van der Waals surface area (Å²) in [5, 5.41) is 44.3. The van der Waals surface area contributed by atoms with Gasteiger partial charge in [0.05, 0.1) is 6.10 Å². The molecule has 4 rings (SSSR count). The molecule has 14 nitrogen and oxygen atoms in total. The average molecular weight is 705 g/mol. The zero-order valence-corrected chi connectivity index (χ0v) is 29.5. The first-order valence-corrected chi connectivity index (χ1v) is 18.3. The number of rotatable bonds is 4. The topological polar surface area (TPSA) is 197 Å². The van der Waals surface area contributed by atoms with Crippen LogP contribution in [0.25, 0.3) is 0 Å². The Balaban J connectivity index is 1.78. The Morgan fingerprint density at radius 2 is 1.06 bits per heavy atom. The molecule has 14 heteroatoms. The summed E-state index contributed by atoms with van der Waals surface area (Å²) < 4.78 is 39.7. The van der Waals surface area contributed by atoms with E-state index in [1.54, 1.807) is 0 Å². The first kappa shape index (κ1) is 41.5. The maximum absolute atomic E-state index is 12.8. The molecule has 0 radical (unpaired) electrons. The van der Waals surface area contributed by atoms with Gasteiger partial charge in [0.1, 0.15) is 55.9 Å². The highest BCUT2D eigenvalue weighted by Crippen LogP contribution is 2.32. The van der Waals surface area contributed by atoms with Gasteiger partial charge in [0.15, 0.2) is 18.7 Å². The molecule has 0 spiro atoms. The highest BCUT2D eigenvalue weighted by Gasteiger charge is 2.53. The molecule has 4 fully saturated rings. The number of carbonyl (C=O) groups is 3. The van der Waals surface area contributed by atoms with Gasteiger partial charge in [0.25, 0.3) is 0 Å². The second-order valence-corrected chi connectivity index (χ2v) is 13.6. The normalized spacial score (nSPS) is 37.2. The number of carbonyl (C=O) groups excluding carboxylic acids is 3. The summed E-state index contributed by atoms with van der Waals surface area (Å²) in [4.78, 5) is 35.9. The van der Waals surface area contributed by atoms with E-state index in [1.807, 2.05) is 6.92 Å². The second-order valence-electron chi connectivity index (χ2n) is 13.6. The molecule has 4 heterocycles. The molecule has 0 amide bonds. The molecule has 4 saturated heterocycles. The van der Waals surface area contributed by atoms with Gasteiger partial charge in [-0.05, 0) is 19.8 Å². The van der Waals surface area contributed by atoms with E-state index >= 15 is 0 Å². The largest absolute Gasteiger partial charge is 0.463 e. The summed E-state index contributed by atoms with van der Waals surface area (Å²) >= 11 is 0. The van der Waals surface area contributed by atoms with Crippen molar-refractivity contribution in [2.24, 2.45) is 0 Å². The number of aliphatic hydroxyl groups excluding tert-OH is 4. The summed E-state index contributed by atoms with van der Waals surface area (Å²) in [6.45, 7) is 3.46. The Morgan fingerprint density at radius 1 is 0.592 bits per heavy atom. The van der Waals surface area contributed by atoms with Crippen LogP contribution in [0.5, 0.6) is 0 Å². The van der Waals surface area contributed by atoms with Gasteiger partial charge in [-0.3, -0.25) is 14.4 Å². The lowest BCUT2D eigenvalue weighted by Crippen LogP contribution is -2.65. The predicted molar refractivity (Wildman–Crippen MR) is 174 cm³/mol. The fourth-order valence-electron chi connectivity index (χ4n) is 6.48. The van der Waals surface area contributed by atoms with Crippen molar-refractivity contribution in [2.75, 3.05) is 13.2 Å². The molecule has 0 saturated carbocycles. The summed E-state index contributed by atoms with van der Waals surface area (Å²) in [7, 11) is 0. The fraction of sp³-hybridized carbons (Fsp3) is 0.914. The molecule has 0 aromatic rings. The molecular weight excluding hydrogens is 644 g/mol. The molecule has 2 bridgehead atoms. The zero-order valence-electron chi connectivity index (χ0n) is 29.5. The Kier molecular flexibility index (Phi) is 18.7. The fourth-order valence-corrected chi connectivity index (χ4v) is 6.48. The number of hydrogen-bond acceptors (Lipinski definition) is 14. The minimum absolute atomic E-state index is 0.106. The first-order valence-electron chi connectivity index (χ1n) is 18.3. The van der Waals surface area contributed by atoms with Crippen LogP contribution in [0.15, 0.2) is 0 Å². The van der Waals surface area contributed by atoms with Gasteiger partial charge in [0, 0.05) is 20.3 Å². The summed E-state index contributed by atoms with van der Waals surface area (Å²) in [5.41, 5.74) is 0. The van der Waals surface area contributed by atoms with Crippen LogP contribution in [0, 0.1) is 0 Å². The van der Waals surface area contributed by atoms with E-state index in [1.165, 1.54) is 58.8 Å². The van der Waals surface area contributed by atoms with Crippen LogP contribution in [-0.4, -0.2) is 119 Å². The maximum atomic E-state index is 12.8. The lowest BCUT2D eigenvalue weighted by Gasteiger charge is -2.47. The van der Waals surface area contributed by atoms with Gasteiger partial charge in [0.2, 0.25) is 0 Å². The highest BCUT2D eigenvalue weighted by atomic mass is 16.8. The van der Waals surface area contributed by atoms with Crippen LogP contribution in [0.1, 0.15) is 124 Å². The Hall–Kier alpha value is -1.91. The Labute approximate surface area is 290 Å². The number of ether oxygens (including phenoxy) is 7. The molecule has 0 aromatic carbocycles. The van der Waals surface area contributed by atoms with Gasteiger partial charge in [-0.1, -0.05) is 83.5 Å². The molecule has 4 aliphatic rings. The lowest BCUT2D eigenvalue weighted by molar-refractivity contribution is -0.371. The van der Waals surface area contributed by atoms with Crippen LogP contribution in [0.3, 0.4) is 0 Å². The SMILES string of the molecule is CC(=O)OCC1OC2OC(C)CCCCCCCCCCCCCCCCC(=O)OC3C(COC(C)=O)OC(OC2C(O)C1O)C(O)C3O. The van der Waals surface area contributed by atoms with E-state index in [4.69, 9.17) is 33.2 Å². The Bertz CT molecular complexity index is 980. The standard InChI is InChI=1S/C35H60O14/c1-22-18-16-14-12-10-8-6-4-5-7-9-11-13-15-17-19-27(38)48-32-26(21-44-24(3)37)47-34(31(42)30(32)41)49-33-29(40)28(39)25(20-43-23(2)36)46-35(33)45-22/h22,25-26,28-35,39-42H,4-21H2,1-3H3.